The molecule has 0 saturated carbocycles. The van der Waals surface area contributed by atoms with Crippen molar-refractivity contribution in [2.24, 2.45) is 0 Å². The highest BCUT2D eigenvalue weighted by Gasteiger charge is 2.20. The maximum atomic E-state index is 12.7. The van der Waals surface area contributed by atoms with Gasteiger partial charge in [-0.1, -0.05) is 23.7 Å². The van der Waals surface area contributed by atoms with Gasteiger partial charge in [0, 0.05) is 22.9 Å². The third kappa shape index (κ3) is 2.81. The van der Waals surface area contributed by atoms with Gasteiger partial charge in [0.25, 0.3) is 0 Å². The average Bonchev–Trinajstić information content (AvgIpc) is 2.46. The summed E-state index contributed by atoms with van der Waals surface area (Å²) in [5, 5.41) is 0.292. The van der Waals surface area contributed by atoms with Crippen LogP contribution in [0.3, 0.4) is 0 Å². The van der Waals surface area contributed by atoms with E-state index in [9.17, 15) is 4.79 Å². The first-order valence-corrected chi connectivity index (χ1v) is 6.68. The number of ketones is 1. The van der Waals surface area contributed by atoms with Gasteiger partial charge < -0.3 is 15.2 Å². The topological polar surface area (TPSA) is 61.5 Å². The standard InChI is InChI=1S/C16H16ClNO3/c1-9-5-4-6-12(18)15(9)16(19)10-7-13(20-2)14(21-3)8-11(10)17/h4-8H,18H2,1-3H3. The summed E-state index contributed by atoms with van der Waals surface area (Å²) in [4.78, 5) is 12.7. The van der Waals surface area contributed by atoms with Gasteiger partial charge in [-0.3, -0.25) is 4.79 Å². The summed E-state index contributed by atoms with van der Waals surface area (Å²) in [5.74, 6) is 0.672. The first-order chi connectivity index (χ1) is 9.99. The van der Waals surface area contributed by atoms with Gasteiger partial charge in [0.1, 0.15) is 0 Å². The molecule has 0 unspecified atom stereocenters. The molecule has 0 fully saturated rings. The lowest BCUT2D eigenvalue weighted by molar-refractivity contribution is 0.103. The van der Waals surface area contributed by atoms with Crippen molar-refractivity contribution in [2.75, 3.05) is 20.0 Å². The summed E-state index contributed by atoms with van der Waals surface area (Å²) >= 11 is 6.19. The predicted molar refractivity (Wildman–Crippen MR) is 83.6 cm³/mol. The molecule has 0 heterocycles. The van der Waals surface area contributed by atoms with Crippen LogP contribution in [0.15, 0.2) is 30.3 Å². The zero-order valence-corrected chi connectivity index (χ0v) is 12.8. The molecule has 0 saturated heterocycles. The van der Waals surface area contributed by atoms with E-state index in [1.807, 2.05) is 13.0 Å². The lowest BCUT2D eigenvalue weighted by Gasteiger charge is -2.13. The quantitative estimate of drug-likeness (QED) is 0.694. The van der Waals surface area contributed by atoms with E-state index in [1.165, 1.54) is 14.2 Å². The van der Waals surface area contributed by atoms with Gasteiger partial charge in [0.05, 0.1) is 19.2 Å². The summed E-state index contributed by atoms with van der Waals surface area (Å²) in [5.41, 5.74) is 7.92. The van der Waals surface area contributed by atoms with Crippen LogP contribution in [0.5, 0.6) is 11.5 Å². The number of aryl methyl sites for hydroxylation is 1. The Morgan fingerprint density at radius 2 is 1.76 bits per heavy atom. The molecule has 0 aliphatic carbocycles. The van der Waals surface area contributed by atoms with Crippen molar-refractivity contribution in [1.29, 1.82) is 0 Å². The SMILES string of the molecule is COc1cc(Cl)c(C(=O)c2c(C)cccc2N)cc1OC. The van der Waals surface area contributed by atoms with Crippen molar-refractivity contribution in [1.82, 2.24) is 0 Å². The molecule has 2 aromatic carbocycles. The van der Waals surface area contributed by atoms with E-state index < -0.39 is 0 Å². The lowest BCUT2D eigenvalue weighted by Crippen LogP contribution is -2.09. The van der Waals surface area contributed by atoms with Gasteiger partial charge in [-0.15, -0.1) is 0 Å². The molecule has 4 nitrogen and oxygen atoms in total. The van der Waals surface area contributed by atoms with E-state index in [2.05, 4.69) is 0 Å². The van der Waals surface area contributed by atoms with Crippen LogP contribution >= 0.6 is 11.6 Å². The highest BCUT2D eigenvalue weighted by molar-refractivity contribution is 6.35. The van der Waals surface area contributed by atoms with Crippen molar-refractivity contribution < 1.29 is 14.3 Å². The van der Waals surface area contributed by atoms with Crippen LogP contribution in [0.4, 0.5) is 5.69 Å². The molecule has 0 aliphatic heterocycles. The number of benzene rings is 2. The second-order valence-corrected chi connectivity index (χ2v) is 4.96. The molecule has 0 aromatic heterocycles. The molecule has 2 rings (SSSR count). The zero-order valence-electron chi connectivity index (χ0n) is 12.1. The summed E-state index contributed by atoms with van der Waals surface area (Å²) in [6.07, 6.45) is 0. The number of carbonyl (C=O) groups excluding carboxylic acids is 1. The van der Waals surface area contributed by atoms with E-state index in [4.69, 9.17) is 26.8 Å². The molecule has 0 aliphatic rings. The van der Waals surface area contributed by atoms with Crippen LogP contribution in [-0.2, 0) is 0 Å². The monoisotopic (exact) mass is 305 g/mol. The van der Waals surface area contributed by atoms with Gasteiger partial charge in [-0.2, -0.15) is 0 Å². The fourth-order valence-corrected chi connectivity index (χ4v) is 2.40. The Hall–Kier alpha value is -2.20. The minimum absolute atomic E-state index is 0.239. The van der Waals surface area contributed by atoms with Crippen LogP contribution in [0.2, 0.25) is 5.02 Å². The maximum absolute atomic E-state index is 12.7. The number of halogens is 1. The zero-order chi connectivity index (χ0) is 15.6. The van der Waals surface area contributed by atoms with Crippen LogP contribution in [0.25, 0.3) is 0 Å². The molecule has 2 N–H and O–H groups in total. The Morgan fingerprint density at radius 3 is 2.33 bits per heavy atom. The Morgan fingerprint density at radius 1 is 1.14 bits per heavy atom. The smallest absolute Gasteiger partial charge is 0.197 e. The van der Waals surface area contributed by atoms with Gasteiger partial charge in [-0.25, -0.2) is 0 Å². The van der Waals surface area contributed by atoms with Crippen molar-refractivity contribution in [3.05, 3.63) is 52.0 Å². The summed E-state index contributed by atoms with van der Waals surface area (Å²) in [7, 11) is 3.01. The van der Waals surface area contributed by atoms with Crippen LogP contribution in [0.1, 0.15) is 21.5 Å². The first kappa shape index (κ1) is 15.2. The molecule has 5 heteroatoms. The van der Waals surface area contributed by atoms with E-state index in [0.717, 1.165) is 5.56 Å². The number of ether oxygens (including phenoxy) is 2. The largest absolute Gasteiger partial charge is 0.493 e. The second kappa shape index (κ2) is 6.06. The number of hydrogen-bond donors (Lipinski definition) is 1. The van der Waals surface area contributed by atoms with Crippen LogP contribution in [0, 0.1) is 6.92 Å². The highest BCUT2D eigenvalue weighted by atomic mass is 35.5. The third-order valence-electron chi connectivity index (χ3n) is 3.25. The molecule has 21 heavy (non-hydrogen) atoms. The predicted octanol–water partition coefficient (Wildman–Crippen LogP) is 3.48. The second-order valence-electron chi connectivity index (χ2n) is 4.56. The Kier molecular flexibility index (Phi) is 4.38. The van der Waals surface area contributed by atoms with Crippen molar-refractivity contribution in [3.63, 3.8) is 0 Å². The number of hydrogen-bond acceptors (Lipinski definition) is 4. The number of carbonyl (C=O) groups is 1. The molecule has 0 radical (unpaired) electrons. The highest BCUT2D eigenvalue weighted by Crippen LogP contribution is 2.35. The van der Waals surface area contributed by atoms with Gasteiger partial charge in [0.15, 0.2) is 17.3 Å². The number of methoxy groups -OCH3 is 2. The molecule has 0 bridgehead atoms. The van der Waals surface area contributed by atoms with E-state index in [-0.39, 0.29) is 5.78 Å². The van der Waals surface area contributed by atoms with E-state index >= 15 is 0 Å². The molecular weight excluding hydrogens is 290 g/mol. The Labute approximate surface area is 128 Å². The Balaban J connectivity index is 2.59. The molecule has 0 amide bonds. The van der Waals surface area contributed by atoms with E-state index in [0.29, 0.717) is 33.3 Å². The third-order valence-corrected chi connectivity index (χ3v) is 3.56. The first-order valence-electron chi connectivity index (χ1n) is 6.31. The normalized spacial score (nSPS) is 10.3. The van der Waals surface area contributed by atoms with Crippen LogP contribution < -0.4 is 15.2 Å². The fourth-order valence-electron chi connectivity index (χ4n) is 2.16. The number of nitrogen functional groups attached to an aromatic ring is 1. The number of nitrogens with two attached hydrogens (primary N) is 1. The molecule has 0 spiro atoms. The van der Waals surface area contributed by atoms with Crippen LogP contribution in [-0.4, -0.2) is 20.0 Å². The molecule has 2 aromatic rings. The van der Waals surface area contributed by atoms with Crippen molar-refractivity contribution in [2.45, 2.75) is 6.92 Å². The summed E-state index contributed by atoms with van der Waals surface area (Å²) in [6, 6.07) is 8.45. The average molecular weight is 306 g/mol. The van der Waals surface area contributed by atoms with E-state index in [1.54, 1.807) is 24.3 Å². The summed E-state index contributed by atoms with van der Waals surface area (Å²) < 4.78 is 10.4. The van der Waals surface area contributed by atoms with Crippen molar-refractivity contribution >= 4 is 23.1 Å². The summed E-state index contributed by atoms with van der Waals surface area (Å²) in [6.45, 7) is 1.83. The lowest BCUT2D eigenvalue weighted by atomic mass is 9.97. The fraction of sp³-hybridized carbons (Fsp3) is 0.188. The van der Waals surface area contributed by atoms with Crippen molar-refractivity contribution in [3.8, 4) is 11.5 Å². The van der Waals surface area contributed by atoms with Gasteiger partial charge in [-0.05, 0) is 24.6 Å². The number of rotatable bonds is 4. The van der Waals surface area contributed by atoms with Gasteiger partial charge in [0.2, 0.25) is 0 Å². The Bertz CT molecular complexity index is 678. The molecule has 0 atom stereocenters. The molecule has 110 valence electrons. The molecular formula is C16H16ClNO3. The van der Waals surface area contributed by atoms with Gasteiger partial charge >= 0.3 is 0 Å². The minimum Gasteiger partial charge on any atom is -0.493 e. The maximum Gasteiger partial charge on any atom is 0.197 e. The number of anilines is 1. The minimum atomic E-state index is -0.239.